The van der Waals surface area contributed by atoms with E-state index in [1.807, 2.05) is 0 Å². The second-order valence-electron chi connectivity index (χ2n) is 5.06. The number of amides is 1. The second-order valence-corrected chi connectivity index (χ2v) is 5.91. The van der Waals surface area contributed by atoms with E-state index in [1.165, 1.54) is 17.0 Å². The molecule has 3 nitrogen and oxygen atoms in total. The lowest BCUT2D eigenvalue weighted by molar-refractivity contribution is -0.186. The molecule has 0 radical (unpaired) electrons. The fraction of sp³-hybridized carbons (Fsp3) is 0.500. The molecule has 1 aliphatic rings. The van der Waals surface area contributed by atoms with Crippen LogP contribution in [0.5, 0.6) is 5.75 Å². The molecule has 2 rings (SSSR count). The predicted molar refractivity (Wildman–Crippen MR) is 75.0 cm³/mol. The molecule has 22 heavy (non-hydrogen) atoms. The van der Waals surface area contributed by atoms with Crippen LogP contribution < -0.4 is 4.74 Å². The van der Waals surface area contributed by atoms with Gasteiger partial charge in [0.05, 0.1) is 10.4 Å². The summed E-state index contributed by atoms with van der Waals surface area (Å²) < 4.78 is 56.5. The van der Waals surface area contributed by atoms with E-state index in [2.05, 4.69) is 15.9 Å². The van der Waals surface area contributed by atoms with E-state index >= 15 is 0 Å². The minimum Gasteiger partial charge on any atom is -0.482 e. The number of hydrogen-bond donors (Lipinski definition) is 0. The van der Waals surface area contributed by atoms with Gasteiger partial charge in [-0.05, 0) is 40.9 Å². The number of halogens is 5. The molecule has 1 aliphatic heterocycles. The van der Waals surface area contributed by atoms with Crippen molar-refractivity contribution in [2.75, 3.05) is 19.7 Å². The van der Waals surface area contributed by atoms with Crippen molar-refractivity contribution in [1.29, 1.82) is 0 Å². The third-order valence-electron chi connectivity index (χ3n) is 3.55. The summed E-state index contributed by atoms with van der Waals surface area (Å²) >= 11 is 3.16. The topological polar surface area (TPSA) is 29.5 Å². The van der Waals surface area contributed by atoms with Crippen LogP contribution in [0.2, 0.25) is 0 Å². The molecule has 0 aromatic heterocycles. The number of carbonyl (C=O) groups excluding carboxylic acids is 1. The van der Waals surface area contributed by atoms with Crippen molar-refractivity contribution in [2.24, 2.45) is 5.92 Å². The molecule has 0 unspecified atom stereocenters. The Balaban J connectivity index is 1.85. The molecule has 0 atom stereocenters. The van der Waals surface area contributed by atoms with Gasteiger partial charge in [-0.25, -0.2) is 4.39 Å². The molecule has 8 heteroatoms. The number of nitrogens with zero attached hydrogens (tertiary/aromatic N) is 1. The van der Waals surface area contributed by atoms with E-state index in [1.54, 1.807) is 0 Å². The van der Waals surface area contributed by atoms with E-state index in [0.29, 0.717) is 4.47 Å². The zero-order chi connectivity index (χ0) is 16.3. The Morgan fingerprint density at radius 1 is 1.32 bits per heavy atom. The first kappa shape index (κ1) is 17.1. The van der Waals surface area contributed by atoms with Gasteiger partial charge in [0.25, 0.3) is 5.91 Å². The van der Waals surface area contributed by atoms with Gasteiger partial charge in [0, 0.05) is 19.2 Å². The summed E-state index contributed by atoms with van der Waals surface area (Å²) in [6.07, 6.45) is -4.41. The Bertz CT molecular complexity index is 542. The first-order chi connectivity index (χ1) is 10.3. The van der Waals surface area contributed by atoms with Crippen molar-refractivity contribution in [2.45, 2.75) is 19.0 Å². The van der Waals surface area contributed by atoms with E-state index in [0.717, 1.165) is 6.07 Å². The highest BCUT2D eigenvalue weighted by Crippen LogP contribution is 2.34. The zero-order valence-corrected chi connectivity index (χ0v) is 13.1. The van der Waals surface area contributed by atoms with Gasteiger partial charge in [-0.3, -0.25) is 4.79 Å². The summed E-state index contributed by atoms with van der Waals surface area (Å²) in [4.78, 5) is 13.3. The smallest absolute Gasteiger partial charge is 0.391 e. The SMILES string of the molecule is O=C(COc1cc(F)ccc1Br)N1CCC(C(F)(F)F)CC1. The summed E-state index contributed by atoms with van der Waals surface area (Å²) in [6.45, 7) is -0.230. The predicted octanol–water partition coefficient (Wildman–Crippen LogP) is 3.77. The molecular formula is C14H14BrF4NO2. The van der Waals surface area contributed by atoms with Gasteiger partial charge < -0.3 is 9.64 Å². The van der Waals surface area contributed by atoms with Crippen LogP contribution in [0.4, 0.5) is 17.6 Å². The molecule has 1 saturated heterocycles. The van der Waals surface area contributed by atoms with Crippen molar-refractivity contribution in [3.05, 3.63) is 28.5 Å². The van der Waals surface area contributed by atoms with Crippen LogP contribution in [0, 0.1) is 11.7 Å². The van der Waals surface area contributed by atoms with Gasteiger partial charge >= 0.3 is 6.18 Å². The molecule has 1 aromatic carbocycles. The zero-order valence-electron chi connectivity index (χ0n) is 11.5. The van der Waals surface area contributed by atoms with Crippen LogP contribution in [0.1, 0.15) is 12.8 Å². The molecule has 1 aromatic rings. The molecule has 1 amide bonds. The molecule has 0 spiro atoms. The number of piperidine rings is 1. The molecule has 0 bridgehead atoms. The standard InChI is InChI=1S/C14H14BrF4NO2/c15-11-2-1-10(16)7-12(11)22-8-13(21)20-5-3-9(4-6-20)14(17,18)19/h1-2,7,9H,3-6,8H2. The maximum atomic E-state index is 13.1. The van der Waals surface area contributed by atoms with Gasteiger partial charge in [0.2, 0.25) is 0 Å². The Labute approximate surface area is 133 Å². The molecule has 0 saturated carbocycles. The quantitative estimate of drug-likeness (QED) is 0.743. The normalized spacial score (nSPS) is 16.7. The van der Waals surface area contributed by atoms with Gasteiger partial charge in [-0.2, -0.15) is 13.2 Å². The Kier molecular flexibility index (Phi) is 5.31. The van der Waals surface area contributed by atoms with Crippen LogP contribution in [-0.4, -0.2) is 36.7 Å². The van der Waals surface area contributed by atoms with Crippen molar-refractivity contribution in [3.63, 3.8) is 0 Å². The molecule has 0 N–H and O–H groups in total. The Morgan fingerprint density at radius 2 is 1.95 bits per heavy atom. The van der Waals surface area contributed by atoms with E-state index in [-0.39, 0.29) is 38.3 Å². The Hall–Kier alpha value is -1.31. The maximum absolute atomic E-state index is 13.1. The van der Waals surface area contributed by atoms with Crippen LogP contribution in [0.25, 0.3) is 0 Å². The Morgan fingerprint density at radius 3 is 2.55 bits per heavy atom. The third-order valence-corrected chi connectivity index (χ3v) is 4.21. The minimum absolute atomic E-state index is 0.0523. The highest BCUT2D eigenvalue weighted by atomic mass is 79.9. The second kappa shape index (κ2) is 6.85. The number of benzene rings is 1. The van der Waals surface area contributed by atoms with Crippen LogP contribution in [0.3, 0.4) is 0 Å². The van der Waals surface area contributed by atoms with Crippen LogP contribution in [0.15, 0.2) is 22.7 Å². The molecule has 122 valence electrons. The summed E-state index contributed by atoms with van der Waals surface area (Å²) in [6, 6.07) is 3.82. The molecular weight excluding hydrogens is 370 g/mol. The highest BCUT2D eigenvalue weighted by Gasteiger charge is 2.41. The van der Waals surface area contributed by atoms with Crippen molar-refractivity contribution < 1.29 is 27.1 Å². The van der Waals surface area contributed by atoms with E-state index < -0.39 is 23.8 Å². The van der Waals surface area contributed by atoms with Gasteiger partial charge in [0.1, 0.15) is 11.6 Å². The summed E-state index contributed by atoms with van der Waals surface area (Å²) in [7, 11) is 0. The molecule has 0 aliphatic carbocycles. The fourth-order valence-electron chi connectivity index (χ4n) is 2.27. The van der Waals surface area contributed by atoms with Crippen molar-refractivity contribution in [1.82, 2.24) is 4.90 Å². The van der Waals surface area contributed by atoms with Gasteiger partial charge in [-0.1, -0.05) is 0 Å². The van der Waals surface area contributed by atoms with Crippen LogP contribution in [-0.2, 0) is 4.79 Å². The average molecular weight is 384 g/mol. The monoisotopic (exact) mass is 383 g/mol. The lowest BCUT2D eigenvalue weighted by atomic mass is 9.96. The van der Waals surface area contributed by atoms with E-state index in [4.69, 9.17) is 4.74 Å². The van der Waals surface area contributed by atoms with Gasteiger partial charge in [-0.15, -0.1) is 0 Å². The summed E-state index contributed by atoms with van der Waals surface area (Å²) in [5, 5.41) is 0. The minimum atomic E-state index is -4.21. The summed E-state index contributed by atoms with van der Waals surface area (Å²) in [5.74, 6) is -2.08. The first-order valence-electron chi connectivity index (χ1n) is 6.69. The number of ether oxygens (including phenoxy) is 1. The molecule has 1 heterocycles. The van der Waals surface area contributed by atoms with E-state index in [9.17, 15) is 22.4 Å². The number of likely N-dealkylation sites (tertiary alicyclic amines) is 1. The van der Waals surface area contributed by atoms with Gasteiger partial charge in [0.15, 0.2) is 6.61 Å². The average Bonchev–Trinajstić information content (AvgIpc) is 2.47. The maximum Gasteiger partial charge on any atom is 0.391 e. The number of alkyl halides is 3. The third kappa shape index (κ3) is 4.34. The highest BCUT2D eigenvalue weighted by molar-refractivity contribution is 9.10. The van der Waals surface area contributed by atoms with Crippen molar-refractivity contribution >= 4 is 21.8 Å². The fourth-order valence-corrected chi connectivity index (χ4v) is 2.64. The first-order valence-corrected chi connectivity index (χ1v) is 7.49. The lowest BCUT2D eigenvalue weighted by Crippen LogP contribution is -2.43. The van der Waals surface area contributed by atoms with Crippen LogP contribution >= 0.6 is 15.9 Å². The number of rotatable bonds is 3. The number of carbonyl (C=O) groups is 1. The number of hydrogen-bond acceptors (Lipinski definition) is 2. The summed E-state index contributed by atoms with van der Waals surface area (Å²) in [5.41, 5.74) is 0. The largest absolute Gasteiger partial charge is 0.482 e. The van der Waals surface area contributed by atoms with Crippen molar-refractivity contribution in [3.8, 4) is 5.75 Å². The lowest BCUT2D eigenvalue weighted by Gasteiger charge is -2.32. The molecule has 1 fully saturated rings.